The first-order chi connectivity index (χ1) is 9.13. The Hall–Kier alpha value is -1.41. The van der Waals surface area contributed by atoms with Crippen molar-refractivity contribution in [1.82, 2.24) is 15.0 Å². The van der Waals surface area contributed by atoms with Gasteiger partial charge in [-0.2, -0.15) is 0 Å². The van der Waals surface area contributed by atoms with Gasteiger partial charge in [-0.05, 0) is 0 Å². The normalized spacial score (nSPS) is 31.1. The van der Waals surface area contributed by atoms with Crippen LogP contribution in [-0.2, 0) is 4.74 Å². The largest absolute Gasteiger partial charge is 0.394 e. The number of alkyl halides is 1. The number of nitrogens with zero attached hydrogens (tertiary/aromatic N) is 2. The molecule has 0 saturated carbocycles. The molecule has 7 nitrogen and oxygen atoms in total. The molecule has 0 bridgehead atoms. The number of hydrogen-bond donors (Lipinski definition) is 4. The van der Waals surface area contributed by atoms with Gasteiger partial charge in [0.05, 0.1) is 17.5 Å². The molecule has 2 aromatic heterocycles. The minimum Gasteiger partial charge on any atom is -0.394 e. The molecule has 5 N–H and O–H groups in total. The Morgan fingerprint density at radius 3 is 2.95 bits per heavy atom. The lowest BCUT2D eigenvalue weighted by molar-refractivity contribution is -0.0222. The fourth-order valence-electron chi connectivity index (χ4n) is 2.32. The molecule has 1 aliphatic heterocycles. The van der Waals surface area contributed by atoms with E-state index in [1.165, 1.54) is 6.33 Å². The summed E-state index contributed by atoms with van der Waals surface area (Å²) in [5.74, 6) is 0.333. The molecule has 0 unspecified atom stereocenters. The summed E-state index contributed by atoms with van der Waals surface area (Å²) in [5, 5.41) is 18.3. The second-order valence-electron chi connectivity index (χ2n) is 4.44. The zero-order valence-corrected chi connectivity index (χ0v) is 10.6. The SMILES string of the molecule is Nc1ncnc2c([C@@H]3O[C@H](CO)[C@@H](O)[C@@H]3Cl)c[nH]c12. The van der Waals surface area contributed by atoms with Crippen molar-refractivity contribution in [2.24, 2.45) is 0 Å². The lowest BCUT2D eigenvalue weighted by Crippen LogP contribution is -2.29. The van der Waals surface area contributed by atoms with Crippen LogP contribution in [0.1, 0.15) is 11.7 Å². The van der Waals surface area contributed by atoms with Crippen molar-refractivity contribution in [1.29, 1.82) is 0 Å². The molecule has 0 amide bonds. The Labute approximate surface area is 113 Å². The molecule has 0 spiro atoms. The number of nitrogen functional groups attached to an aromatic ring is 1. The summed E-state index contributed by atoms with van der Waals surface area (Å²) in [6, 6.07) is 0. The van der Waals surface area contributed by atoms with Gasteiger partial charge in [0.1, 0.15) is 30.2 Å². The van der Waals surface area contributed by atoms with Crippen LogP contribution in [0.15, 0.2) is 12.5 Å². The standard InChI is InChI=1S/C11H13ClN4O3/c12-6-9(18)5(2-17)19-10(6)4-1-14-8-7(4)15-3-16-11(8)13/h1,3,5-6,9-10,14,17-18H,2H2,(H2,13,15,16)/t5-,6+,9-,10+/m1/s1. The molecule has 0 radical (unpaired) electrons. The van der Waals surface area contributed by atoms with Crippen LogP contribution in [0, 0.1) is 0 Å². The molecular weight excluding hydrogens is 272 g/mol. The fourth-order valence-corrected chi connectivity index (χ4v) is 2.68. The van der Waals surface area contributed by atoms with Crippen molar-refractivity contribution >= 4 is 28.5 Å². The monoisotopic (exact) mass is 284 g/mol. The van der Waals surface area contributed by atoms with E-state index in [-0.39, 0.29) is 6.61 Å². The van der Waals surface area contributed by atoms with Crippen molar-refractivity contribution in [3.05, 3.63) is 18.1 Å². The summed E-state index contributed by atoms with van der Waals surface area (Å²) in [6.07, 6.45) is 0.851. The number of halogens is 1. The third-order valence-electron chi connectivity index (χ3n) is 3.33. The number of hydrogen-bond acceptors (Lipinski definition) is 6. The highest BCUT2D eigenvalue weighted by molar-refractivity contribution is 6.21. The van der Waals surface area contributed by atoms with Crippen molar-refractivity contribution in [2.45, 2.75) is 23.7 Å². The van der Waals surface area contributed by atoms with Crippen molar-refractivity contribution in [2.75, 3.05) is 12.3 Å². The van der Waals surface area contributed by atoms with Gasteiger partial charge in [-0.3, -0.25) is 0 Å². The Morgan fingerprint density at radius 2 is 2.26 bits per heavy atom. The summed E-state index contributed by atoms with van der Waals surface area (Å²) >= 11 is 6.16. The van der Waals surface area contributed by atoms with E-state index in [0.29, 0.717) is 22.4 Å². The lowest BCUT2D eigenvalue weighted by Gasteiger charge is -2.12. The lowest BCUT2D eigenvalue weighted by atomic mass is 10.1. The number of nitrogens with two attached hydrogens (primary N) is 1. The smallest absolute Gasteiger partial charge is 0.151 e. The van der Waals surface area contributed by atoms with E-state index in [9.17, 15) is 5.11 Å². The molecule has 102 valence electrons. The maximum atomic E-state index is 9.87. The van der Waals surface area contributed by atoms with Gasteiger partial charge in [0, 0.05) is 11.8 Å². The minimum atomic E-state index is -0.930. The van der Waals surface area contributed by atoms with Crippen LogP contribution in [0.2, 0.25) is 0 Å². The maximum Gasteiger partial charge on any atom is 0.151 e. The van der Waals surface area contributed by atoms with Crippen LogP contribution in [0.3, 0.4) is 0 Å². The molecule has 4 atom stereocenters. The topological polar surface area (TPSA) is 117 Å². The Morgan fingerprint density at radius 1 is 1.47 bits per heavy atom. The molecule has 1 fully saturated rings. The predicted molar refractivity (Wildman–Crippen MR) is 68.6 cm³/mol. The highest BCUT2D eigenvalue weighted by Crippen LogP contribution is 2.39. The first-order valence-electron chi connectivity index (χ1n) is 5.79. The number of aliphatic hydroxyl groups excluding tert-OH is 2. The number of H-pyrrole nitrogens is 1. The Kier molecular flexibility index (Phi) is 3.06. The Bertz CT molecular complexity index is 605. The zero-order valence-electron chi connectivity index (χ0n) is 9.82. The van der Waals surface area contributed by atoms with Gasteiger partial charge < -0.3 is 25.7 Å². The number of nitrogens with one attached hydrogen (secondary N) is 1. The zero-order chi connectivity index (χ0) is 13.6. The average Bonchev–Trinajstić information content (AvgIpc) is 2.94. The van der Waals surface area contributed by atoms with E-state index in [4.69, 9.17) is 27.2 Å². The number of rotatable bonds is 2. The highest BCUT2D eigenvalue weighted by Gasteiger charge is 2.44. The first-order valence-corrected chi connectivity index (χ1v) is 6.23. The molecular formula is C11H13ClN4O3. The van der Waals surface area contributed by atoms with Crippen LogP contribution in [-0.4, -0.2) is 49.4 Å². The van der Waals surface area contributed by atoms with Crippen LogP contribution in [0.25, 0.3) is 11.0 Å². The van der Waals surface area contributed by atoms with Crippen molar-refractivity contribution in [3.63, 3.8) is 0 Å². The Balaban J connectivity index is 2.04. The summed E-state index contributed by atoms with van der Waals surface area (Å²) in [5.41, 5.74) is 7.64. The second kappa shape index (κ2) is 4.61. The number of anilines is 1. The van der Waals surface area contributed by atoms with Crippen molar-refractivity contribution in [3.8, 4) is 0 Å². The molecule has 2 aromatic rings. The summed E-state index contributed by atoms with van der Waals surface area (Å²) in [6.45, 7) is -0.291. The third-order valence-corrected chi connectivity index (χ3v) is 3.81. The van der Waals surface area contributed by atoms with Gasteiger partial charge in [-0.1, -0.05) is 0 Å². The molecule has 1 aliphatic rings. The quantitative estimate of drug-likeness (QED) is 0.574. The highest BCUT2D eigenvalue weighted by atomic mass is 35.5. The van der Waals surface area contributed by atoms with Gasteiger partial charge >= 0.3 is 0 Å². The summed E-state index contributed by atoms with van der Waals surface area (Å²) < 4.78 is 5.57. The molecule has 1 saturated heterocycles. The van der Waals surface area contributed by atoms with Crippen LogP contribution in [0.4, 0.5) is 5.82 Å². The van der Waals surface area contributed by atoms with E-state index in [1.807, 2.05) is 0 Å². The molecule has 0 aromatic carbocycles. The van der Waals surface area contributed by atoms with E-state index < -0.39 is 23.7 Å². The maximum absolute atomic E-state index is 9.87. The fraction of sp³-hybridized carbons (Fsp3) is 0.455. The van der Waals surface area contributed by atoms with Gasteiger partial charge in [0.2, 0.25) is 0 Å². The van der Waals surface area contributed by atoms with Gasteiger partial charge in [0.25, 0.3) is 0 Å². The van der Waals surface area contributed by atoms with Gasteiger partial charge in [-0.25, -0.2) is 9.97 Å². The molecule has 3 heterocycles. The number of ether oxygens (including phenoxy) is 1. The number of aromatic nitrogens is 3. The predicted octanol–water partition coefficient (Wildman–Crippen LogP) is -0.0594. The van der Waals surface area contributed by atoms with E-state index in [0.717, 1.165) is 0 Å². The minimum absolute atomic E-state index is 0.291. The van der Waals surface area contributed by atoms with Crippen LogP contribution in [0.5, 0.6) is 0 Å². The molecule has 3 rings (SSSR count). The average molecular weight is 285 g/mol. The second-order valence-corrected chi connectivity index (χ2v) is 4.94. The first kappa shape index (κ1) is 12.6. The van der Waals surface area contributed by atoms with Crippen LogP contribution >= 0.6 is 11.6 Å². The molecule has 19 heavy (non-hydrogen) atoms. The number of aromatic amines is 1. The van der Waals surface area contributed by atoms with E-state index >= 15 is 0 Å². The molecule has 0 aliphatic carbocycles. The number of aliphatic hydroxyl groups is 2. The van der Waals surface area contributed by atoms with Crippen LogP contribution < -0.4 is 5.73 Å². The number of fused-ring (bicyclic) bond motifs is 1. The summed E-state index contributed by atoms with van der Waals surface area (Å²) in [7, 11) is 0. The van der Waals surface area contributed by atoms with Gasteiger partial charge in [-0.15, -0.1) is 11.6 Å². The van der Waals surface area contributed by atoms with Gasteiger partial charge in [0.15, 0.2) is 5.82 Å². The van der Waals surface area contributed by atoms with Crippen molar-refractivity contribution < 1.29 is 14.9 Å². The van der Waals surface area contributed by atoms with E-state index in [1.54, 1.807) is 6.20 Å². The van der Waals surface area contributed by atoms with E-state index in [2.05, 4.69) is 15.0 Å². The summed E-state index contributed by atoms with van der Waals surface area (Å²) in [4.78, 5) is 11.0. The third kappa shape index (κ3) is 1.86. The molecule has 8 heteroatoms.